The Labute approximate surface area is 194 Å². The minimum Gasteiger partial charge on any atom is -0.396 e. The van der Waals surface area contributed by atoms with Gasteiger partial charge in [0, 0.05) is 51.6 Å². The fourth-order valence-electron chi connectivity index (χ4n) is 5.99. The summed E-state index contributed by atoms with van der Waals surface area (Å²) in [6, 6.07) is -0.538. The fraction of sp³-hybridized carbons (Fsp3) is 0.864. The number of aliphatic hydroxyl groups is 1. The van der Waals surface area contributed by atoms with Crippen LogP contribution in [0.2, 0.25) is 0 Å². The zero-order valence-corrected chi connectivity index (χ0v) is 19.7. The highest BCUT2D eigenvalue weighted by atomic mass is 32.2. The van der Waals surface area contributed by atoms with Gasteiger partial charge in [0.15, 0.2) is 0 Å². The molecule has 2 bridgehead atoms. The van der Waals surface area contributed by atoms with E-state index >= 15 is 0 Å². The Balaban J connectivity index is 1.49. The molecule has 4 rings (SSSR count). The number of nitrogens with zero attached hydrogens (tertiary/aromatic N) is 2. The van der Waals surface area contributed by atoms with Crippen LogP contribution in [-0.2, 0) is 19.1 Å². The van der Waals surface area contributed by atoms with Gasteiger partial charge in [0.1, 0.15) is 6.04 Å². The highest BCUT2D eigenvalue weighted by Crippen LogP contribution is 2.66. The van der Waals surface area contributed by atoms with Gasteiger partial charge in [-0.25, -0.2) is 0 Å². The lowest BCUT2D eigenvalue weighted by atomic mass is 9.71. The Hall–Kier alpha value is -1.36. The van der Waals surface area contributed by atoms with Gasteiger partial charge in [-0.15, -0.1) is 11.8 Å². The molecule has 4 saturated heterocycles. The van der Waals surface area contributed by atoms with Crippen molar-refractivity contribution in [3.05, 3.63) is 0 Å². The van der Waals surface area contributed by atoms with E-state index in [1.165, 1.54) is 0 Å². The number of hydrogen-bond acceptors (Lipinski definition) is 7. The number of aliphatic hydroxyl groups excluding tert-OH is 1. The van der Waals surface area contributed by atoms with Crippen LogP contribution in [0.5, 0.6) is 0 Å². The molecule has 5 atom stereocenters. The van der Waals surface area contributed by atoms with Gasteiger partial charge in [-0.1, -0.05) is 0 Å². The van der Waals surface area contributed by atoms with Crippen LogP contribution >= 0.6 is 11.8 Å². The maximum absolute atomic E-state index is 13.6. The number of unbranched alkanes of at least 4 members (excludes halogenated alkanes) is 2. The predicted octanol–water partition coefficient (Wildman–Crippen LogP) is -0.565. The number of amides is 3. The molecule has 3 amide bonds. The lowest BCUT2D eigenvalue weighted by Gasteiger charge is -2.34. The number of carbonyl (C=O) groups is 3. The maximum Gasteiger partial charge on any atom is 0.244 e. The molecule has 4 heterocycles. The summed E-state index contributed by atoms with van der Waals surface area (Å²) in [6.07, 6.45) is 3.89. The molecular weight excluding hydrogens is 432 g/mol. The standard InChI is InChI=1S/C22H36N4O5S/c1-23-19(28)16-15-5-6-22(32-15)17(16)21(30)26(8-3-2-4-12-27)18(22)20(29)24-7-9-25-10-13-31-14-11-25/h15-18,27H,2-14H2,1H3,(H,23,28)(H,24,29)/t15-,16+,17-,18?,22?/m0/s1. The van der Waals surface area contributed by atoms with Crippen molar-refractivity contribution >= 4 is 29.5 Å². The largest absolute Gasteiger partial charge is 0.396 e. The monoisotopic (exact) mass is 468 g/mol. The van der Waals surface area contributed by atoms with Gasteiger partial charge in [-0.05, 0) is 32.1 Å². The molecule has 1 spiro atoms. The third-order valence-corrected chi connectivity index (χ3v) is 9.44. The van der Waals surface area contributed by atoms with Crippen molar-refractivity contribution in [2.24, 2.45) is 11.8 Å². The van der Waals surface area contributed by atoms with Crippen molar-refractivity contribution in [1.82, 2.24) is 20.4 Å². The van der Waals surface area contributed by atoms with Gasteiger partial charge < -0.3 is 25.4 Å². The molecule has 4 aliphatic heterocycles. The van der Waals surface area contributed by atoms with Gasteiger partial charge in [-0.2, -0.15) is 0 Å². The summed E-state index contributed by atoms with van der Waals surface area (Å²) in [4.78, 5) is 43.8. The summed E-state index contributed by atoms with van der Waals surface area (Å²) in [5.41, 5.74) is 0. The molecule has 4 fully saturated rings. The summed E-state index contributed by atoms with van der Waals surface area (Å²) in [6.45, 7) is 5.09. The third kappa shape index (κ3) is 4.26. The van der Waals surface area contributed by atoms with Crippen molar-refractivity contribution in [1.29, 1.82) is 0 Å². The molecular formula is C22H36N4O5S. The van der Waals surface area contributed by atoms with Crippen LogP contribution in [0.1, 0.15) is 32.1 Å². The molecule has 2 unspecified atom stereocenters. The molecule has 0 aromatic carbocycles. The lowest BCUT2D eigenvalue weighted by molar-refractivity contribution is -0.140. The number of nitrogens with one attached hydrogen (secondary N) is 2. The van der Waals surface area contributed by atoms with E-state index < -0.39 is 16.7 Å². The second-order valence-electron chi connectivity index (χ2n) is 9.23. The van der Waals surface area contributed by atoms with Crippen LogP contribution in [0.4, 0.5) is 0 Å². The molecule has 32 heavy (non-hydrogen) atoms. The summed E-state index contributed by atoms with van der Waals surface area (Å²) in [5.74, 6) is -1.03. The van der Waals surface area contributed by atoms with E-state index in [4.69, 9.17) is 9.84 Å². The van der Waals surface area contributed by atoms with Gasteiger partial charge >= 0.3 is 0 Å². The minimum atomic E-state index is -0.538. The average Bonchev–Trinajstić information content (AvgIpc) is 3.44. The third-order valence-electron chi connectivity index (χ3n) is 7.49. The summed E-state index contributed by atoms with van der Waals surface area (Å²) < 4.78 is 4.87. The number of thioether (sulfide) groups is 1. The van der Waals surface area contributed by atoms with E-state index in [0.29, 0.717) is 19.5 Å². The first-order valence-corrected chi connectivity index (χ1v) is 12.8. The molecule has 10 heteroatoms. The Bertz CT molecular complexity index is 718. The smallest absolute Gasteiger partial charge is 0.244 e. The normalized spacial score (nSPS) is 34.1. The number of morpholine rings is 1. The first-order valence-electron chi connectivity index (χ1n) is 11.9. The van der Waals surface area contributed by atoms with Gasteiger partial charge in [0.25, 0.3) is 0 Å². The van der Waals surface area contributed by atoms with E-state index in [0.717, 1.165) is 58.5 Å². The quantitative estimate of drug-likeness (QED) is 0.369. The van der Waals surface area contributed by atoms with E-state index in [9.17, 15) is 14.4 Å². The fourth-order valence-corrected chi connectivity index (χ4v) is 8.21. The van der Waals surface area contributed by atoms with Crippen LogP contribution < -0.4 is 10.6 Å². The second-order valence-corrected chi connectivity index (χ2v) is 10.8. The SMILES string of the molecule is CNC(=O)[C@@H]1[C@@H]2CCC3(S2)C(C(=O)NCCN2CCOCC2)N(CCCCCO)C(=O)[C@H]13. The van der Waals surface area contributed by atoms with E-state index in [1.807, 2.05) is 0 Å². The molecule has 4 aliphatic rings. The summed E-state index contributed by atoms with van der Waals surface area (Å²) >= 11 is 1.70. The highest BCUT2D eigenvalue weighted by Gasteiger charge is 2.73. The number of rotatable bonds is 10. The van der Waals surface area contributed by atoms with E-state index in [-0.39, 0.29) is 35.5 Å². The van der Waals surface area contributed by atoms with Gasteiger partial charge in [-0.3, -0.25) is 19.3 Å². The van der Waals surface area contributed by atoms with Crippen molar-refractivity contribution in [3.63, 3.8) is 0 Å². The average molecular weight is 469 g/mol. The molecule has 0 radical (unpaired) electrons. The predicted molar refractivity (Wildman–Crippen MR) is 121 cm³/mol. The van der Waals surface area contributed by atoms with Crippen molar-refractivity contribution in [2.75, 3.05) is 59.6 Å². The number of fused-ring (bicyclic) bond motifs is 1. The van der Waals surface area contributed by atoms with Crippen molar-refractivity contribution in [2.45, 2.75) is 48.1 Å². The van der Waals surface area contributed by atoms with Crippen LogP contribution in [-0.4, -0.2) is 108 Å². The zero-order chi connectivity index (χ0) is 22.7. The van der Waals surface area contributed by atoms with Crippen LogP contribution in [0, 0.1) is 11.8 Å². The molecule has 0 saturated carbocycles. The maximum atomic E-state index is 13.6. The summed E-state index contributed by atoms with van der Waals surface area (Å²) in [7, 11) is 1.62. The Kier molecular flexibility index (Phi) is 7.64. The van der Waals surface area contributed by atoms with Crippen molar-refractivity contribution in [3.8, 4) is 0 Å². The Morgan fingerprint density at radius 3 is 2.69 bits per heavy atom. The summed E-state index contributed by atoms with van der Waals surface area (Å²) in [5, 5.41) is 15.0. The number of carbonyl (C=O) groups excluding carboxylic acids is 3. The molecule has 0 aliphatic carbocycles. The first-order chi connectivity index (χ1) is 15.5. The second kappa shape index (κ2) is 10.3. The highest BCUT2D eigenvalue weighted by molar-refractivity contribution is 8.02. The number of ether oxygens (including phenoxy) is 1. The number of likely N-dealkylation sites (tertiary alicyclic amines) is 1. The molecule has 9 nitrogen and oxygen atoms in total. The van der Waals surface area contributed by atoms with Crippen LogP contribution in [0.3, 0.4) is 0 Å². The lowest BCUT2D eigenvalue weighted by Crippen LogP contribution is -2.54. The van der Waals surface area contributed by atoms with Crippen molar-refractivity contribution < 1.29 is 24.2 Å². The van der Waals surface area contributed by atoms with Crippen LogP contribution in [0.25, 0.3) is 0 Å². The Morgan fingerprint density at radius 1 is 1.19 bits per heavy atom. The van der Waals surface area contributed by atoms with Gasteiger partial charge in [0.05, 0.1) is 29.8 Å². The van der Waals surface area contributed by atoms with Crippen LogP contribution in [0.15, 0.2) is 0 Å². The molecule has 180 valence electrons. The topological polar surface area (TPSA) is 111 Å². The Morgan fingerprint density at radius 2 is 1.97 bits per heavy atom. The molecule has 3 N–H and O–H groups in total. The number of hydrogen-bond donors (Lipinski definition) is 3. The molecule has 0 aromatic heterocycles. The first kappa shape index (κ1) is 23.8. The molecule has 0 aromatic rings. The van der Waals surface area contributed by atoms with Gasteiger partial charge in [0.2, 0.25) is 17.7 Å². The van der Waals surface area contributed by atoms with E-state index in [1.54, 1.807) is 23.7 Å². The minimum absolute atomic E-state index is 0.0503. The zero-order valence-electron chi connectivity index (χ0n) is 18.9. The van der Waals surface area contributed by atoms with E-state index in [2.05, 4.69) is 15.5 Å².